The highest BCUT2D eigenvalue weighted by atomic mass is 19.1. The second-order valence-corrected chi connectivity index (χ2v) is 5.76. The van der Waals surface area contributed by atoms with Gasteiger partial charge in [-0.3, -0.25) is 4.79 Å². The second kappa shape index (κ2) is 4.89. The van der Waals surface area contributed by atoms with Gasteiger partial charge in [-0.05, 0) is 43.9 Å². The predicted molar refractivity (Wildman–Crippen MR) is 71.7 cm³/mol. The van der Waals surface area contributed by atoms with Crippen LogP contribution in [0.4, 0.5) is 4.39 Å². The van der Waals surface area contributed by atoms with Crippen molar-refractivity contribution in [2.24, 2.45) is 5.92 Å². The summed E-state index contributed by atoms with van der Waals surface area (Å²) in [5.41, 5.74) is -0.307. The lowest BCUT2D eigenvalue weighted by Crippen LogP contribution is -2.51. The first-order chi connectivity index (χ1) is 9.25. The molecule has 2 rings (SSSR count). The van der Waals surface area contributed by atoms with Gasteiger partial charge in [-0.1, -0.05) is 12.1 Å². The third kappa shape index (κ3) is 2.53. The van der Waals surface area contributed by atoms with Crippen LogP contribution in [0.25, 0.3) is 0 Å². The van der Waals surface area contributed by atoms with E-state index in [1.807, 2.05) is 0 Å². The summed E-state index contributed by atoms with van der Waals surface area (Å²) in [5.74, 6) is -1.65. The Bertz CT molecular complexity index is 539. The molecule has 1 saturated carbocycles. The maximum atomic E-state index is 12.9. The quantitative estimate of drug-likeness (QED) is 0.919. The summed E-state index contributed by atoms with van der Waals surface area (Å²) in [6.07, 6.45) is 0.685. The van der Waals surface area contributed by atoms with Gasteiger partial charge in [0.2, 0.25) is 5.91 Å². The third-order valence-corrected chi connectivity index (χ3v) is 4.10. The normalized spacial score (nSPS) is 21.4. The van der Waals surface area contributed by atoms with E-state index in [2.05, 4.69) is 0 Å². The van der Waals surface area contributed by atoms with Crippen molar-refractivity contribution in [1.82, 2.24) is 4.90 Å². The van der Waals surface area contributed by atoms with Crippen molar-refractivity contribution in [3.05, 3.63) is 35.6 Å². The first-order valence-corrected chi connectivity index (χ1v) is 6.51. The minimum absolute atomic E-state index is 0.0649. The Morgan fingerprint density at radius 2 is 1.85 bits per heavy atom. The Morgan fingerprint density at radius 3 is 2.35 bits per heavy atom. The Hall–Kier alpha value is -1.91. The summed E-state index contributed by atoms with van der Waals surface area (Å²) in [5, 5.41) is 9.14. The van der Waals surface area contributed by atoms with E-state index in [9.17, 15) is 14.0 Å². The lowest BCUT2D eigenvalue weighted by atomic mass is 10.0. The average Bonchev–Trinajstić information content (AvgIpc) is 3.18. The fourth-order valence-corrected chi connectivity index (χ4v) is 2.21. The molecule has 0 heterocycles. The molecule has 2 unspecified atom stereocenters. The zero-order valence-corrected chi connectivity index (χ0v) is 11.8. The van der Waals surface area contributed by atoms with Gasteiger partial charge in [-0.25, -0.2) is 9.18 Å². The van der Waals surface area contributed by atoms with Gasteiger partial charge >= 0.3 is 5.97 Å². The number of aliphatic carboxylic acids is 1. The minimum Gasteiger partial charge on any atom is -0.480 e. The largest absolute Gasteiger partial charge is 0.480 e. The van der Waals surface area contributed by atoms with Crippen LogP contribution in [-0.2, 0) is 9.59 Å². The molecular weight excluding hydrogens is 261 g/mol. The maximum Gasteiger partial charge on any atom is 0.329 e. The van der Waals surface area contributed by atoms with Crippen LogP contribution in [-0.4, -0.2) is 34.5 Å². The number of benzene rings is 1. The van der Waals surface area contributed by atoms with Crippen LogP contribution in [0.15, 0.2) is 24.3 Å². The highest BCUT2D eigenvalue weighted by Crippen LogP contribution is 2.48. The van der Waals surface area contributed by atoms with Crippen molar-refractivity contribution in [2.75, 3.05) is 7.05 Å². The van der Waals surface area contributed by atoms with Crippen LogP contribution in [0.2, 0.25) is 0 Å². The van der Waals surface area contributed by atoms with E-state index in [4.69, 9.17) is 5.11 Å². The summed E-state index contributed by atoms with van der Waals surface area (Å²) in [7, 11) is 1.51. The van der Waals surface area contributed by atoms with Crippen molar-refractivity contribution in [2.45, 2.75) is 31.7 Å². The fourth-order valence-electron chi connectivity index (χ4n) is 2.21. The highest BCUT2D eigenvalue weighted by Gasteiger charge is 2.48. The predicted octanol–water partition coefficient (Wildman–Crippen LogP) is 2.25. The highest BCUT2D eigenvalue weighted by molar-refractivity contribution is 5.89. The van der Waals surface area contributed by atoms with Crippen molar-refractivity contribution in [1.29, 1.82) is 0 Å². The van der Waals surface area contributed by atoms with Crippen LogP contribution >= 0.6 is 0 Å². The molecule has 0 aliphatic heterocycles. The van der Waals surface area contributed by atoms with Crippen LogP contribution < -0.4 is 0 Å². The Balaban J connectivity index is 2.06. The summed E-state index contributed by atoms with van der Waals surface area (Å²) >= 11 is 0. The molecule has 2 atom stereocenters. The molecule has 20 heavy (non-hydrogen) atoms. The van der Waals surface area contributed by atoms with Crippen LogP contribution in [0, 0.1) is 11.7 Å². The number of carboxylic acids is 1. The first kappa shape index (κ1) is 14.5. The number of hydrogen-bond acceptors (Lipinski definition) is 2. The van der Waals surface area contributed by atoms with Crippen LogP contribution in [0.3, 0.4) is 0 Å². The van der Waals surface area contributed by atoms with Gasteiger partial charge in [-0.2, -0.15) is 0 Å². The number of carbonyl (C=O) groups excluding carboxylic acids is 1. The average molecular weight is 279 g/mol. The molecule has 4 nitrogen and oxygen atoms in total. The molecule has 0 aromatic heterocycles. The van der Waals surface area contributed by atoms with Gasteiger partial charge in [0.15, 0.2) is 0 Å². The lowest BCUT2D eigenvalue weighted by Gasteiger charge is -2.31. The molecule has 108 valence electrons. The van der Waals surface area contributed by atoms with Gasteiger partial charge in [0, 0.05) is 13.0 Å². The minimum atomic E-state index is -1.23. The number of carboxylic acid groups (broad SMARTS) is 1. The van der Waals surface area contributed by atoms with Gasteiger partial charge in [-0.15, -0.1) is 0 Å². The topological polar surface area (TPSA) is 57.6 Å². The van der Waals surface area contributed by atoms with Crippen LogP contribution in [0.1, 0.15) is 31.7 Å². The number of hydrogen-bond donors (Lipinski definition) is 1. The van der Waals surface area contributed by atoms with Crippen LogP contribution in [0.5, 0.6) is 0 Å². The number of nitrogens with zero attached hydrogens (tertiary/aromatic N) is 1. The van der Waals surface area contributed by atoms with Gasteiger partial charge in [0.1, 0.15) is 11.4 Å². The monoisotopic (exact) mass is 279 g/mol. The first-order valence-electron chi connectivity index (χ1n) is 6.51. The summed E-state index contributed by atoms with van der Waals surface area (Å²) < 4.78 is 12.9. The van der Waals surface area contributed by atoms with Crippen molar-refractivity contribution >= 4 is 11.9 Å². The molecular formula is C15H18FNO3. The number of likely N-dealkylation sites (N-methyl/N-ethyl adjacent to an activating group) is 1. The fraction of sp³-hybridized carbons (Fsp3) is 0.467. The van der Waals surface area contributed by atoms with E-state index in [0.29, 0.717) is 6.42 Å². The maximum absolute atomic E-state index is 12.9. The van der Waals surface area contributed by atoms with E-state index in [1.165, 1.54) is 37.9 Å². The zero-order chi connectivity index (χ0) is 15.1. The molecule has 0 saturated heterocycles. The van der Waals surface area contributed by atoms with Gasteiger partial charge < -0.3 is 10.0 Å². The van der Waals surface area contributed by atoms with E-state index >= 15 is 0 Å². The molecule has 1 N–H and O–H groups in total. The van der Waals surface area contributed by atoms with Gasteiger partial charge in [0.25, 0.3) is 0 Å². The van der Waals surface area contributed by atoms with E-state index in [0.717, 1.165) is 5.56 Å². The molecule has 1 aliphatic carbocycles. The number of halogens is 1. The Kier molecular flexibility index (Phi) is 3.54. The van der Waals surface area contributed by atoms with E-state index < -0.39 is 11.5 Å². The number of rotatable bonds is 4. The molecule has 1 aromatic carbocycles. The molecule has 5 heteroatoms. The molecule has 1 amide bonds. The standard InChI is InChI=1S/C15H18FNO3/c1-15(2,14(19)20)17(3)13(18)12-8-11(12)9-4-6-10(16)7-5-9/h4-7,11-12H,8H2,1-3H3,(H,19,20). The number of amides is 1. The summed E-state index contributed by atoms with van der Waals surface area (Å²) in [4.78, 5) is 24.7. The molecule has 1 fully saturated rings. The van der Waals surface area contributed by atoms with Crippen molar-refractivity contribution < 1.29 is 19.1 Å². The Morgan fingerprint density at radius 1 is 1.30 bits per heavy atom. The smallest absolute Gasteiger partial charge is 0.329 e. The number of carbonyl (C=O) groups is 2. The summed E-state index contributed by atoms with van der Waals surface area (Å²) in [6.45, 7) is 3.00. The SMILES string of the molecule is CN(C(=O)C1CC1c1ccc(F)cc1)C(C)(C)C(=O)O. The third-order valence-electron chi connectivity index (χ3n) is 4.10. The van der Waals surface area contributed by atoms with Gasteiger partial charge in [0.05, 0.1) is 0 Å². The molecule has 1 aliphatic rings. The second-order valence-electron chi connectivity index (χ2n) is 5.76. The molecule has 0 spiro atoms. The Labute approximate surface area is 117 Å². The van der Waals surface area contributed by atoms with E-state index in [1.54, 1.807) is 12.1 Å². The van der Waals surface area contributed by atoms with E-state index in [-0.39, 0.29) is 23.6 Å². The lowest BCUT2D eigenvalue weighted by molar-refractivity contribution is -0.155. The zero-order valence-electron chi connectivity index (χ0n) is 11.8. The molecule has 0 radical (unpaired) electrons. The molecule has 0 bridgehead atoms. The molecule has 1 aromatic rings. The summed E-state index contributed by atoms with van der Waals surface area (Å²) in [6, 6.07) is 6.10. The van der Waals surface area contributed by atoms with Crippen molar-refractivity contribution in [3.8, 4) is 0 Å². The van der Waals surface area contributed by atoms with Crippen molar-refractivity contribution in [3.63, 3.8) is 0 Å².